The first-order valence-corrected chi connectivity index (χ1v) is 16.6. The standard InChI is InChI=1S/C24H51BrP/c1-4-7-10-13-16-19-22-26(25,23-20-17-14-11-8-5-2)24-21-18-15-12-9-6-3/h4-24H2,1-3H3/q+1. The Hall–Kier alpha value is 0.910. The van der Waals surface area contributed by atoms with Crippen LogP contribution >= 0.6 is 21.5 Å². The lowest BCUT2D eigenvalue weighted by molar-refractivity contribution is 0.617. The summed E-state index contributed by atoms with van der Waals surface area (Å²) in [7, 11) is 0. The van der Waals surface area contributed by atoms with Crippen LogP contribution in [0.3, 0.4) is 0 Å². The molecule has 0 radical (unpaired) electrons. The van der Waals surface area contributed by atoms with Crippen LogP contribution in [0.4, 0.5) is 0 Å². The SMILES string of the molecule is CCCCCCCC[P+](Br)(CCCCCCCC)CCCCCCCC. The lowest BCUT2D eigenvalue weighted by atomic mass is 10.1. The van der Waals surface area contributed by atoms with Gasteiger partial charge in [0.05, 0.1) is 24.5 Å². The lowest BCUT2D eigenvalue weighted by Gasteiger charge is -2.20. The molecule has 0 bridgehead atoms. The Bertz CT molecular complexity index is 226. The monoisotopic (exact) mass is 449 g/mol. The molecule has 158 valence electrons. The number of rotatable bonds is 21. The van der Waals surface area contributed by atoms with E-state index in [1.54, 1.807) is 0 Å². The van der Waals surface area contributed by atoms with Crippen LogP contribution in [0, 0.1) is 0 Å². The van der Waals surface area contributed by atoms with Crippen molar-refractivity contribution in [3.05, 3.63) is 0 Å². The van der Waals surface area contributed by atoms with Crippen LogP contribution in [0.5, 0.6) is 0 Å². The summed E-state index contributed by atoms with van der Waals surface area (Å²) in [5.41, 5.74) is 0. The molecule has 0 atom stereocenters. The van der Waals surface area contributed by atoms with Crippen molar-refractivity contribution in [3.63, 3.8) is 0 Å². The van der Waals surface area contributed by atoms with Crippen LogP contribution in [-0.4, -0.2) is 18.5 Å². The second-order valence-corrected chi connectivity index (χ2v) is 16.4. The maximum absolute atomic E-state index is 4.35. The van der Waals surface area contributed by atoms with Crippen LogP contribution in [0.1, 0.15) is 136 Å². The Morgan fingerprint density at radius 3 is 0.885 bits per heavy atom. The van der Waals surface area contributed by atoms with Gasteiger partial charge in [-0.2, -0.15) is 0 Å². The summed E-state index contributed by atoms with van der Waals surface area (Å²) in [5.74, 6) is -0.824. The Labute approximate surface area is 176 Å². The molecule has 0 saturated carbocycles. The molecule has 0 rings (SSSR count). The fraction of sp³-hybridized carbons (Fsp3) is 1.00. The third-order valence-corrected chi connectivity index (χ3v) is 12.3. The molecule has 0 fully saturated rings. The molecule has 0 aromatic heterocycles. The summed E-state index contributed by atoms with van der Waals surface area (Å²) < 4.78 is 0. The summed E-state index contributed by atoms with van der Waals surface area (Å²) in [6.45, 7) is 6.95. The van der Waals surface area contributed by atoms with Gasteiger partial charge < -0.3 is 0 Å². The molecular weight excluding hydrogens is 399 g/mol. The fourth-order valence-electron chi connectivity index (χ4n) is 3.86. The third-order valence-electron chi connectivity index (χ3n) is 5.74. The van der Waals surface area contributed by atoms with Crippen LogP contribution in [0.15, 0.2) is 0 Å². The van der Waals surface area contributed by atoms with Crippen molar-refractivity contribution in [2.75, 3.05) is 18.5 Å². The van der Waals surface area contributed by atoms with Gasteiger partial charge in [-0.25, -0.2) is 0 Å². The predicted molar refractivity (Wildman–Crippen MR) is 131 cm³/mol. The molecule has 0 aromatic carbocycles. The van der Waals surface area contributed by atoms with Gasteiger partial charge in [0.25, 0.3) is 0 Å². The minimum absolute atomic E-state index is 0.824. The van der Waals surface area contributed by atoms with Gasteiger partial charge >= 0.3 is 0 Å². The summed E-state index contributed by atoms with van der Waals surface area (Å²) in [6.07, 6.45) is 30.6. The maximum atomic E-state index is 4.35. The molecule has 0 amide bonds. The molecule has 0 heterocycles. The average molecular weight is 451 g/mol. The maximum Gasteiger partial charge on any atom is 0.138 e. The van der Waals surface area contributed by atoms with Crippen molar-refractivity contribution in [2.45, 2.75) is 136 Å². The van der Waals surface area contributed by atoms with Gasteiger partial charge in [-0.15, -0.1) is 0 Å². The zero-order valence-corrected chi connectivity index (χ0v) is 21.2. The van der Waals surface area contributed by atoms with Crippen LogP contribution in [0.25, 0.3) is 0 Å². The van der Waals surface area contributed by atoms with Crippen molar-refractivity contribution < 1.29 is 0 Å². The van der Waals surface area contributed by atoms with Gasteiger partial charge in [-0.1, -0.05) is 97.8 Å². The predicted octanol–water partition coefficient (Wildman–Crippen LogP) is 10.4. The Morgan fingerprint density at radius 1 is 0.385 bits per heavy atom. The Balaban J connectivity index is 4.02. The van der Waals surface area contributed by atoms with E-state index < -0.39 is 5.96 Å². The third kappa shape index (κ3) is 18.3. The van der Waals surface area contributed by atoms with Crippen molar-refractivity contribution >= 4 is 21.5 Å². The van der Waals surface area contributed by atoms with Gasteiger partial charge in [0, 0.05) is 0 Å². The highest BCUT2D eigenvalue weighted by molar-refractivity contribution is 9.42. The van der Waals surface area contributed by atoms with E-state index in [0.717, 1.165) is 0 Å². The van der Waals surface area contributed by atoms with Crippen LogP contribution in [-0.2, 0) is 0 Å². The lowest BCUT2D eigenvalue weighted by Crippen LogP contribution is -2.03. The highest BCUT2D eigenvalue weighted by Gasteiger charge is 2.33. The summed E-state index contributed by atoms with van der Waals surface area (Å²) >= 11 is 4.35. The highest BCUT2D eigenvalue weighted by atomic mass is 79.9. The largest absolute Gasteiger partial charge is 0.138 e. The van der Waals surface area contributed by atoms with Crippen molar-refractivity contribution in [2.24, 2.45) is 0 Å². The normalized spacial score (nSPS) is 12.0. The topological polar surface area (TPSA) is 0 Å². The first kappa shape index (κ1) is 26.9. The smallest absolute Gasteiger partial charge is 0.0654 e. The van der Waals surface area contributed by atoms with E-state index in [-0.39, 0.29) is 0 Å². The van der Waals surface area contributed by atoms with E-state index in [1.807, 2.05) is 0 Å². The van der Waals surface area contributed by atoms with Gasteiger partial charge in [0.2, 0.25) is 0 Å². The molecule has 0 aliphatic carbocycles. The molecule has 0 nitrogen and oxygen atoms in total. The fourth-order valence-corrected chi connectivity index (χ4v) is 9.16. The first-order valence-electron chi connectivity index (χ1n) is 12.2. The van der Waals surface area contributed by atoms with Crippen molar-refractivity contribution in [3.8, 4) is 0 Å². The van der Waals surface area contributed by atoms with Crippen LogP contribution in [0.2, 0.25) is 0 Å². The van der Waals surface area contributed by atoms with Gasteiger partial charge in [-0.05, 0) is 38.5 Å². The molecular formula is C24H51BrP+. The minimum atomic E-state index is -0.824. The summed E-state index contributed by atoms with van der Waals surface area (Å²) in [6, 6.07) is 0. The minimum Gasteiger partial charge on any atom is -0.0654 e. The zero-order valence-electron chi connectivity index (χ0n) is 18.7. The van der Waals surface area contributed by atoms with Gasteiger partial charge in [-0.3, -0.25) is 0 Å². The first-order chi connectivity index (χ1) is 12.7. The van der Waals surface area contributed by atoms with Gasteiger partial charge in [0.15, 0.2) is 0 Å². The molecule has 0 aliphatic rings. The quantitative estimate of drug-likeness (QED) is 0.120. The molecule has 0 saturated heterocycles. The summed E-state index contributed by atoms with van der Waals surface area (Å²) in [5, 5.41) is 0. The second kappa shape index (κ2) is 20.6. The molecule has 0 spiro atoms. The molecule has 26 heavy (non-hydrogen) atoms. The molecule has 0 N–H and O–H groups in total. The Morgan fingerprint density at radius 2 is 0.615 bits per heavy atom. The van der Waals surface area contributed by atoms with E-state index in [9.17, 15) is 0 Å². The summed E-state index contributed by atoms with van der Waals surface area (Å²) in [4.78, 5) is 0. The zero-order chi connectivity index (χ0) is 19.3. The number of unbranched alkanes of at least 4 members (excludes halogenated alkanes) is 15. The van der Waals surface area contributed by atoms with E-state index in [0.29, 0.717) is 0 Å². The van der Waals surface area contributed by atoms with E-state index in [4.69, 9.17) is 0 Å². The number of hydrogen-bond donors (Lipinski definition) is 0. The highest BCUT2D eigenvalue weighted by Crippen LogP contribution is 2.67. The number of halogens is 1. The average Bonchev–Trinajstić information content (AvgIpc) is 2.64. The number of hydrogen-bond acceptors (Lipinski definition) is 0. The van der Waals surface area contributed by atoms with Crippen LogP contribution < -0.4 is 0 Å². The van der Waals surface area contributed by atoms with E-state index >= 15 is 0 Å². The Kier molecular flexibility index (Phi) is 21.4. The van der Waals surface area contributed by atoms with Crippen molar-refractivity contribution in [1.82, 2.24) is 0 Å². The molecule has 0 unspecified atom stereocenters. The van der Waals surface area contributed by atoms with E-state index in [1.165, 1.54) is 134 Å². The second-order valence-electron chi connectivity index (χ2n) is 8.50. The van der Waals surface area contributed by atoms with Crippen molar-refractivity contribution in [1.29, 1.82) is 0 Å². The molecule has 2 heteroatoms. The molecule has 0 aliphatic heterocycles. The molecule has 0 aromatic rings. The van der Waals surface area contributed by atoms with E-state index in [2.05, 4.69) is 36.3 Å². The van der Waals surface area contributed by atoms with Gasteiger partial charge in [0.1, 0.15) is 15.5 Å².